The van der Waals surface area contributed by atoms with Gasteiger partial charge in [0.1, 0.15) is 0 Å². The van der Waals surface area contributed by atoms with Gasteiger partial charge in [0.15, 0.2) is 0 Å². The van der Waals surface area contributed by atoms with Crippen LogP contribution in [0.2, 0.25) is 0 Å². The molecule has 0 unspecified atom stereocenters. The van der Waals surface area contributed by atoms with Crippen LogP contribution in [0, 0.1) is 0 Å². The zero-order valence-electron chi connectivity index (χ0n) is 18.2. The van der Waals surface area contributed by atoms with Gasteiger partial charge in [0, 0.05) is 0 Å². The van der Waals surface area contributed by atoms with Gasteiger partial charge < -0.3 is 0 Å². The van der Waals surface area contributed by atoms with Crippen molar-refractivity contribution in [1.29, 1.82) is 0 Å². The maximum absolute atomic E-state index is 4.02. The zero-order valence-corrected chi connectivity index (χ0v) is 19.2. The Bertz CT molecular complexity index is 428. The van der Waals surface area contributed by atoms with E-state index < -0.39 is 7.87 Å². The second kappa shape index (κ2) is 16.0. The van der Waals surface area contributed by atoms with Crippen molar-refractivity contribution in [2.75, 3.05) is 52.4 Å². The molecular formula is C24H41N4P. The van der Waals surface area contributed by atoms with Gasteiger partial charge in [-0.25, -0.2) is 0 Å². The Labute approximate surface area is 180 Å². The van der Waals surface area contributed by atoms with Crippen molar-refractivity contribution in [2.24, 2.45) is 0 Å². The number of hydrogen-bond acceptors (Lipinski definition) is 4. The fourth-order valence-corrected chi connectivity index (χ4v) is 9.12. The van der Waals surface area contributed by atoms with E-state index in [9.17, 15) is 0 Å². The van der Waals surface area contributed by atoms with Gasteiger partial charge in [-0.15, -0.1) is 0 Å². The molecule has 0 saturated carbocycles. The van der Waals surface area contributed by atoms with E-state index in [1.165, 1.54) is 0 Å². The number of rotatable bonds is 20. The summed E-state index contributed by atoms with van der Waals surface area (Å²) >= 11 is 0. The third kappa shape index (κ3) is 7.18. The van der Waals surface area contributed by atoms with Crippen LogP contribution in [0.1, 0.15) is 0 Å². The summed E-state index contributed by atoms with van der Waals surface area (Å²) in [6, 6.07) is 0. The van der Waals surface area contributed by atoms with Gasteiger partial charge in [-0.2, -0.15) is 0 Å². The third-order valence-corrected chi connectivity index (χ3v) is 9.35. The summed E-state index contributed by atoms with van der Waals surface area (Å²) in [5.74, 6) is 0. The van der Waals surface area contributed by atoms with E-state index in [2.05, 4.69) is 71.3 Å². The third-order valence-electron chi connectivity index (χ3n) is 4.49. The van der Waals surface area contributed by atoms with E-state index in [0.717, 1.165) is 52.4 Å². The average Bonchev–Trinajstić information content (AvgIpc) is 2.70. The molecule has 162 valence electrons. The van der Waals surface area contributed by atoms with Crippen molar-refractivity contribution in [1.82, 2.24) is 18.7 Å². The van der Waals surface area contributed by atoms with E-state index in [1.54, 1.807) is 0 Å². The topological polar surface area (TPSA) is 13.0 Å². The van der Waals surface area contributed by atoms with Crippen LogP contribution in [0.5, 0.6) is 0 Å². The Morgan fingerprint density at radius 1 is 0.345 bits per heavy atom. The van der Waals surface area contributed by atoms with Gasteiger partial charge in [-0.05, 0) is 0 Å². The molecule has 0 saturated heterocycles. The molecular weight excluding hydrogens is 375 g/mol. The average molecular weight is 417 g/mol. The first-order valence-electron chi connectivity index (χ1n) is 9.96. The molecule has 0 aliphatic rings. The molecule has 0 fully saturated rings. The van der Waals surface area contributed by atoms with E-state index >= 15 is 0 Å². The summed E-state index contributed by atoms with van der Waals surface area (Å²) in [5.41, 5.74) is 0. The van der Waals surface area contributed by atoms with E-state index in [0.29, 0.717) is 0 Å². The molecule has 29 heavy (non-hydrogen) atoms. The zero-order chi connectivity index (χ0) is 22.1. The molecule has 0 aromatic heterocycles. The first-order chi connectivity index (χ1) is 14.1. The molecule has 5 heteroatoms. The number of hydrogen-bond donors (Lipinski definition) is 0. The molecule has 0 radical (unpaired) electrons. The van der Waals surface area contributed by atoms with Crippen molar-refractivity contribution < 1.29 is 0 Å². The standard InChI is InChI=1S/C24H41N4P/c1-9-17-25(18-10-2)29(26(19-11-3)20-12-4,27(21-13-5)22-14-6)28(23-15-7)24-16-8/h9-16,29H,1-8,17-24H2. The molecule has 0 aromatic rings. The normalized spacial score (nSPS) is 12.0. The molecule has 0 aliphatic carbocycles. The first kappa shape index (κ1) is 27.2. The van der Waals surface area contributed by atoms with E-state index in [-0.39, 0.29) is 0 Å². The Balaban J connectivity index is 7.13. The minimum absolute atomic E-state index is 0.721. The van der Waals surface area contributed by atoms with Crippen molar-refractivity contribution in [3.8, 4) is 0 Å². The summed E-state index contributed by atoms with van der Waals surface area (Å²) in [5, 5.41) is 0. The molecule has 4 nitrogen and oxygen atoms in total. The SMILES string of the molecule is C=CCN(CC=C)[PH](N(CC=C)CC=C)(N(CC=C)CC=C)N(CC=C)CC=C. The predicted octanol–water partition coefficient (Wildman–Crippen LogP) is 5.09. The summed E-state index contributed by atoms with van der Waals surface area (Å²) in [6.45, 7) is 37.9. The van der Waals surface area contributed by atoms with E-state index in [4.69, 9.17) is 0 Å². The van der Waals surface area contributed by atoms with Gasteiger partial charge in [-0.1, -0.05) is 0 Å². The molecule has 0 amide bonds. The fraction of sp³-hybridized carbons (Fsp3) is 0.333. The molecule has 0 aromatic carbocycles. The van der Waals surface area contributed by atoms with Crippen LogP contribution >= 0.6 is 7.87 Å². The van der Waals surface area contributed by atoms with Crippen LogP contribution in [0.4, 0.5) is 0 Å². The minimum atomic E-state index is -2.72. The van der Waals surface area contributed by atoms with Crippen LogP contribution in [0.25, 0.3) is 0 Å². The Hall–Kier alpha value is -1.81. The maximum atomic E-state index is 4.02. The van der Waals surface area contributed by atoms with Gasteiger partial charge in [-0.3, -0.25) is 0 Å². The summed E-state index contributed by atoms with van der Waals surface area (Å²) < 4.78 is 9.89. The van der Waals surface area contributed by atoms with Gasteiger partial charge >= 0.3 is 180 Å². The van der Waals surface area contributed by atoms with Gasteiger partial charge in [0.2, 0.25) is 0 Å². The van der Waals surface area contributed by atoms with Crippen LogP contribution in [0.3, 0.4) is 0 Å². The van der Waals surface area contributed by atoms with Crippen molar-refractivity contribution in [3.05, 3.63) is 101 Å². The summed E-state index contributed by atoms with van der Waals surface area (Å²) in [7, 11) is -2.72. The molecule has 0 N–H and O–H groups in total. The monoisotopic (exact) mass is 416 g/mol. The Kier molecular flexibility index (Phi) is 15.0. The summed E-state index contributed by atoms with van der Waals surface area (Å²) in [6.07, 6.45) is 15.6. The molecule has 0 aliphatic heterocycles. The Morgan fingerprint density at radius 3 is 0.586 bits per heavy atom. The molecule has 0 atom stereocenters. The molecule has 0 bridgehead atoms. The molecule has 0 spiro atoms. The van der Waals surface area contributed by atoms with Crippen molar-refractivity contribution >= 4 is 7.87 Å². The second-order valence-corrected chi connectivity index (χ2v) is 10.3. The van der Waals surface area contributed by atoms with Crippen LogP contribution in [0.15, 0.2) is 101 Å². The molecule has 0 heterocycles. The van der Waals surface area contributed by atoms with Gasteiger partial charge in [0.05, 0.1) is 0 Å². The molecule has 0 rings (SSSR count). The fourth-order valence-electron chi connectivity index (χ4n) is 3.72. The van der Waals surface area contributed by atoms with Crippen molar-refractivity contribution in [2.45, 2.75) is 0 Å². The quantitative estimate of drug-likeness (QED) is 0.202. The first-order valence-corrected chi connectivity index (χ1v) is 11.7. The predicted molar refractivity (Wildman–Crippen MR) is 136 cm³/mol. The van der Waals surface area contributed by atoms with E-state index in [1.807, 2.05) is 48.6 Å². The summed E-state index contributed by atoms with van der Waals surface area (Å²) in [4.78, 5) is 0. The number of nitrogens with zero attached hydrogens (tertiary/aromatic N) is 4. The van der Waals surface area contributed by atoms with Crippen molar-refractivity contribution in [3.63, 3.8) is 0 Å². The van der Waals surface area contributed by atoms with Crippen LogP contribution in [-0.2, 0) is 0 Å². The van der Waals surface area contributed by atoms with Gasteiger partial charge in [0.25, 0.3) is 0 Å². The Morgan fingerprint density at radius 2 is 0.483 bits per heavy atom. The second-order valence-electron chi connectivity index (χ2n) is 6.53. The van der Waals surface area contributed by atoms with Crippen LogP contribution < -0.4 is 0 Å². The van der Waals surface area contributed by atoms with Crippen LogP contribution in [-0.4, -0.2) is 71.0 Å².